The highest BCUT2D eigenvalue weighted by Gasteiger charge is 2.44. The molecule has 5 N–H and O–H groups in total. The van der Waals surface area contributed by atoms with Crippen LogP contribution in [0.1, 0.15) is 17.5 Å². The molecule has 0 aromatic carbocycles. The molecule has 0 radical (unpaired) electrons. The Morgan fingerprint density at radius 1 is 1.54 bits per heavy atom. The summed E-state index contributed by atoms with van der Waals surface area (Å²) in [6.45, 7) is 1.88. The van der Waals surface area contributed by atoms with E-state index in [0.29, 0.717) is 22.9 Å². The lowest BCUT2D eigenvalue weighted by atomic mass is 10.0. The normalized spacial score (nSPS) is 22.8. The van der Waals surface area contributed by atoms with E-state index in [9.17, 15) is 4.55 Å². The number of H-pyrrole nitrogens is 1. The molecule has 0 bridgehead atoms. The summed E-state index contributed by atoms with van der Waals surface area (Å²) in [4.78, 5) is 4.70. The van der Waals surface area contributed by atoms with Crippen molar-refractivity contribution in [2.45, 2.75) is 12.5 Å². The summed E-state index contributed by atoms with van der Waals surface area (Å²) in [5, 5.41) is 26.2. The Morgan fingerprint density at radius 3 is 2.92 bits per heavy atom. The summed E-state index contributed by atoms with van der Waals surface area (Å²) in [5.74, 6) is 0.240. The van der Waals surface area contributed by atoms with Crippen LogP contribution in [-0.2, 0) is 21.6 Å². The first-order valence-electron chi connectivity index (χ1n) is 7.48. The number of ether oxygens (including phenoxy) is 1. The van der Waals surface area contributed by atoms with Crippen LogP contribution in [0, 0.1) is 16.2 Å². The van der Waals surface area contributed by atoms with Gasteiger partial charge in [-0.05, 0) is 25.1 Å². The average Bonchev–Trinajstić information content (AvgIpc) is 3.19. The smallest absolute Gasteiger partial charge is 0.236 e. The standard InChI is InChI=1S/C15H17ClN6O2S2/c1-15(6-26(23)22(2)14(19)21-15)12-8(16)5-11(25-12)9-3-4-10(20-9)13(18)24-7-17/h3-5,7,17-18,20H,6H2,1-2H3,(H2,19,21)/t15-,26?/m0/s1. The third-order valence-corrected chi connectivity index (χ3v) is 7.45. The predicted molar refractivity (Wildman–Crippen MR) is 105 cm³/mol. The molecule has 1 fully saturated rings. The van der Waals surface area contributed by atoms with E-state index in [1.54, 1.807) is 25.2 Å². The topological polar surface area (TPSA) is 135 Å². The predicted octanol–water partition coefficient (Wildman–Crippen LogP) is 2.69. The molecule has 0 aliphatic carbocycles. The van der Waals surface area contributed by atoms with Crippen LogP contribution in [0.2, 0.25) is 5.02 Å². The van der Waals surface area contributed by atoms with Gasteiger partial charge in [-0.25, -0.2) is 0 Å². The molecule has 1 aliphatic rings. The number of nitrogens with one attached hydrogen (secondary N) is 5. The SMILES string of the molecule is CN1C(=N)N[C@](C)(c2sc(-c3ccc(C(=N)OC=N)[nH]3)cc2Cl)C[S+]1[O-]. The molecule has 3 rings (SSSR count). The summed E-state index contributed by atoms with van der Waals surface area (Å²) in [6, 6.07) is 5.29. The number of aromatic nitrogens is 1. The molecule has 11 heteroatoms. The lowest BCUT2D eigenvalue weighted by Gasteiger charge is -2.39. The number of hydrogen-bond acceptors (Lipinski definition) is 6. The lowest BCUT2D eigenvalue weighted by molar-refractivity contribution is 0.424. The van der Waals surface area contributed by atoms with Gasteiger partial charge in [0.15, 0.2) is 12.2 Å². The van der Waals surface area contributed by atoms with Gasteiger partial charge in [0, 0.05) is 0 Å². The zero-order valence-corrected chi connectivity index (χ0v) is 16.4. The Morgan fingerprint density at radius 2 is 2.27 bits per heavy atom. The Labute approximate surface area is 162 Å². The molecule has 138 valence electrons. The molecule has 2 aromatic heterocycles. The second-order valence-electron chi connectivity index (χ2n) is 5.91. The number of rotatable bonds is 4. The van der Waals surface area contributed by atoms with Crippen molar-refractivity contribution < 1.29 is 9.29 Å². The van der Waals surface area contributed by atoms with Crippen LogP contribution in [-0.4, -0.2) is 44.9 Å². The number of hydrogen-bond donors (Lipinski definition) is 5. The highest BCUT2D eigenvalue weighted by atomic mass is 35.5. The van der Waals surface area contributed by atoms with Crippen molar-refractivity contribution in [2.24, 2.45) is 0 Å². The molecule has 2 atom stereocenters. The molecule has 2 aromatic rings. The van der Waals surface area contributed by atoms with Crippen molar-refractivity contribution in [2.75, 3.05) is 12.8 Å². The van der Waals surface area contributed by atoms with E-state index in [0.717, 1.165) is 15.4 Å². The molecule has 0 saturated carbocycles. The van der Waals surface area contributed by atoms with Crippen molar-refractivity contribution in [1.29, 1.82) is 16.2 Å². The van der Waals surface area contributed by atoms with E-state index in [1.165, 1.54) is 15.6 Å². The van der Waals surface area contributed by atoms with Gasteiger partial charge in [0.1, 0.15) is 11.2 Å². The third-order valence-electron chi connectivity index (χ3n) is 3.99. The molecule has 1 aliphatic heterocycles. The average molecular weight is 413 g/mol. The fourth-order valence-corrected chi connectivity index (χ4v) is 5.49. The van der Waals surface area contributed by atoms with Gasteiger partial charge in [-0.2, -0.15) is 4.31 Å². The second kappa shape index (κ2) is 6.95. The monoisotopic (exact) mass is 412 g/mol. The second-order valence-corrected chi connectivity index (χ2v) is 8.85. The van der Waals surface area contributed by atoms with E-state index >= 15 is 0 Å². The van der Waals surface area contributed by atoms with Crippen LogP contribution in [0.25, 0.3) is 10.6 Å². The quantitative estimate of drug-likeness (QED) is 0.299. The molecular weight excluding hydrogens is 396 g/mol. The van der Waals surface area contributed by atoms with Crippen molar-refractivity contribution in [3.05, 3.63) is 33.8 Å². The highest BCUT2D eigenvalue weighted by Crippen LogP contribution is 2.42. The van der Waals surface area contributed by atoms with E-state index in [1.807, 2.05) is 6.92 Å². The maximum atomic E-state index is 12.3. The first-order chi connectivity index (χ1) is 12.2. The molecular formula is C15H17ClN6O2S2. The van der Waals surface area contributed by atoms with Crippen LogP contribution < -0.4 is 5.32 Å². The zero-order valence-electron chi connectivity index (χ0n) is 14.0. The number of aromatic amines is 1. The Bertz CT molecular complexity index is 881. The first-order valence-corrected chi connectivity index (χ1v) is 9.95. The van der Waals surface area contributed by atoms with Gasteiger partial charge >= 0.3 is 0 Å². The Kier molecular flexibility index (Phi) is 5.02. The minimum absolute atomic E-state index is 0.0856. The van der Waals surface area contributed by atoms with Crippen LogP contribution in [0.3, 0.4) is 0 Å². The van der Waals surface area contributed by atoms with Crippen molar-refractivity contribution >= 4 is 52.6 Å². The van der Waals surface area contributed by atoms with E-state index in [4.69, 9.17) is 32.6 Å². The molecule has 26 heavy (non-hydrogen) atoms. The largest absolute Gasteiger partial charge is 0.593 e. The van der Waals surface area contributed by atoms with Gasteiger partial charge < -0.3 is 19.6 Å². The van der Waals surface area contributed by atoms with Crippen molar-refractivity contribution in [3.63, 3.8) is 0 Å². The molecule has 0 amide bonds. The van der Waals surface area contributed by atoms with Gasteiger partial charge in [0.05, 0.1) is 38.9 Å². The molecule has 3 heterocycles. The number of nitrogens with zero attached hydrogens (tertiary/aromatic N) is 1. The fourth-order valence-electron chi connectivity index (χ4n) is 2.62. The van der Waals surface area contributed by atoms with Gasteiger partial charge in [0.2, 0.25) is 11.9 Å². The van der Waals surface area contributed by atoms with Gasteiger partial charge in [0.25, 0.3) is 0 Å². The molecule has 0 spiro atoms. The summed E-state index contributed by atoms with van der Waals surface area (Å²) in [5.41, 5.74) is 0.491. The summed E-state index contributed by atoms with van der Waals surface area (Å²) >= 11 is 6.56. The Balaban J connectivity index is 1.91. The van der Waals surface area contributed by atoms with E-state index in [-0.39, 0.29) is 11.9 Å². The van der Waals surface area contributed by atoms with Crippen LogP contribution in [0.5, 0.6) is 0 Å². The van der Waals surface area contributed by atoms with Crippen LogP contribution in [0.15, 0.2) is 18.2 Å². The molecule has 1 unspecified atom stereocenters. The minimum atomic E-state index is -1.31. The first kappa shape index (κ1) is 18.8. The number of halogens is 1. The fraction of sp³-hybridized carbons (Fsp3) is 0.267. The van der Waals surface area contributed by atoms with Gasteiger partial charge in [-0.1, -0.05) is 11.6 Å². The highest BCUT2D eigenvalue weighted by molar-refractivity contribution is 7.89. The zero-order chi connectivity index (χ0) is 19.1. The summed E-state index contributed by atoms with van der Waals surface area (Å²) in [6.07, 6.45) is 0.699. The van der Waals surface area contributed by atoms with Crippen LogP contribution >= 0.6 is 22.9 Å². The number of guanidine groups is 1. The van der Waals surface area contributed by atoms with E-state index < -0.39 is 16.9 Å². The summed E-state index contributed by atoms with van der Waals surface area (Å²) in [7, 11) is 1.61. The lowest BCUT2D eigenvalue weighted by Crippen LogP contribution is -2.60. The maximum Gasteiger partial charge on any atom is 0.236 e. The minimum Gasteiger partial charge on any atom is -0.593 e. The molecule has 8 nitrogen and oxygen atoms in total. The van der Waals surface area contributed by atoms with E-state index in [2.05, 4.69) is 10.3 Å². The Hall–Kier alpha value is -2.01. The summed E-state index contributed by atoms with van der Waals surface area (Å²) < 4.78 is 18.4. The van der Waals surface area contributed by atoms with Gasteiger partial charge in [-0.15, -0.1) is 11.3 Å². The molecule has 1 saturated heterocycles. The maximum absolute atomic E-state index is 12.3. The van der Waals surface area contributed by atoms with Crippen molar-refractivity contribution in [1.82, 2.24) is 14.6 Å². The number of thiophene rings is 1. The third kappa shape index (κ3) is 3.32. The van der Waals surface area contributed by atoms with Gasteiger partial charge in [-0.3, -0.25) is 16.2 Å². The van der Waals surface area contributed by atoms with Crippen molar-refractivity contribution in [3.8, 4) is 10.6 Å². The van der Waals surface area contributed by atoms with Crippen LogP contribution in [0.4, 0.5) is 0 Å².